The molecule has 684 valence electrons. The molecule has 14 nitrogen and oxygen atoms in total. The van der Waals surface area contributed by atoms with Crippen LogP contribution < -0.4 is 0 Å². The minimum atomic E-state index is 0.765. The van der Waals surface area contributed by atoms with Gasteiger partial charge in [-0.25, -0.2) is 29.9 Å². The first-order chi connectivity index (χ1) is 73.0. The Balaban J connectivity index is 0.0000000999. The van der Waals surface area contributed by atoms with Gasteiger partial charge in [-0.1, -0.05) is 285 Å². The van der Waals surface area contributed by atoms with Crippen LogP contribution in [0.15, 0.2) is 482 Å². The zero-order valence-corrected chi connectivity index (χ0v) is 79.4. The van der Waals surface area contributed by atoms with E-state index >= 15 is 0 Å². The van der Waals surface area contributed by atoms with Crippen molar-refractivity contribution in [3.8, 4) is 68.3 Å². The summed E-state index contributed by atoms with van der Waals surface area (Å²) >= 11 is 1.83. The summed E-state index contributed by atoms with van der Waals surface area (Å²) in [7, 11) is 0. The highest BCUT2D eigenvalue weighted by atomic mass is 32.1. The van der Waals surface area contributed by atoms with E-state index < -0.39 is 0 Å². The molecule has 33 aromatic rings. The molecule has 15 heteroatoms. The van der Waals surface area contributed by atoms with Gasteiger partial charge in [-0.05, 0) is 204 Å². The topological polar surface area (TPSA) is 133 Å². The maximum absolute atomic E-state index is 6.58. The lowest BCUT2D eigenvalue weighted by Crippen LogP contribution is -2.04. The van der Waals surface area contributed by atoms with Crippen LogP contribution in [0.4, 0.5) is 0 Å². The number of thiophene rings is 1. The number of para-hydroxylation sites is 15. The summed E-state index contributed by atoms with van der Waals surface area (Å²) in [4.78, 5) is 32.3. The lowest BCUT2D eigenvalue weighted by atomic mass is 10.1. The Kier molecular flexibility index (Phi) is 18.1. The van der Waals surface area contributed by atoms with Gasteiger partial charge in [0.25, 0.3) is 0 Å². The van der Waals surface area contributed by atoms with Crippen molar-refractivity contribution < 1.29 is 8.83 Å². The second-order valence-electron chi connectivity index (χ2n) is 37.7. The van der Waals surface area contributed by atoms with Crippen LogP contribution in [0.5, 0.6) is 0 Å². The van der Waals surface area contributed by atoms with Gasteiger partial charge < -0.3 is 22.5 Å². The van der Waals surface area contributed by atoms with E-state index in [1.54, 1.807) is 0 Å². The molecule has 33 rings (SSSR count). The first-order valence-corrected chi connectivity index (χ1v) is 50.4. The van der Waals surface area contributed by atoms with E-state index in [0.29, 0.717) is 0 Å². The van der Waals surface area contributed by atoms with Crippen molar-refractivity contribution in [2.75, 3.05) is 0 Å². The number of furan rings is 2. The third-order valence-corrected chi connectivity index (χ3v) is 30.8. The van der Waals surface area contributed by atoms with Gasteiger partial charge >= 0.3 is 0 Å². The minimum absolute atomic E-state index is 0.765. The van der Waals surface area contributed by atoms with Gasteiger partial charge in [0.1, 0.15) is 39.4 Å². The molecule has 0 saturated heterocycles. The molecular weight excluding hydrogens is 1820 g/mol. The molecule has 0 aliphatic carbocycles. The van der Waals surface area contributed by atoms with Crippen LogP contribution >= 0.6 is 11.3 Å². The largest absolute Gasteiger partial charge is 0.456 e. The molecule has 0 N–H and O–H groups in total. The molecule has 0 spiro atoms. The predicted octanol–water partition coefficient (Wildman–Crippen LogP) is 34.6. The molecule has 12 heterocycles. The summed E-state index contributed by atoms with van der Waals surface area (Å²) in [6.45, 7) is 0. The average Bonchev–Trinajstić information content (AvgIpc) is 1.55. The zero-order chi connectivity index (χ0) is 96.2. The Labute approximate surface area is 840 Å². The number of benzene rings is 21. The van der Waals surface area contributed by atoms with E-state index in [9.17, 15) is 0 Å². The summed E-state index contributed by atoms with van der Waals surface area (Å²) in [5.74, 6) is 2.37. The van der Waals surface area contributed by atoms with Gasteiger partial charge in [0.05, 0.1) is 99.3 Å². The minimum Gasteiger partial charge on any atom is -0.456 e. The fourth-order valence-corrected chi connectivity index (χ4v) is 24.7. The SMILES string of the molecule is c1ccc(-n2c3ccccc3c3cccc4c3c3c2cccc3n4-c2nc3ccccc3nc2-c2ccc3c(c2)oc2ccccc23)cc1.c1ccc(-n2c3ccccc3c3cccc4c3c3c2cccc3n4-c2nc3ccccc3nc2-c2ccc3c(c2)sc2ccccc23)cc1.c1ccc(-n2c3ccccc3c3cccc4c3c3c2cccc3n4-c2nc3ccccc3nc2-c2cccc3c2oc2ccccc23)cc1. The van der Waals surface area contributed by atoms with Crippen LogP contribution in [0, 0.1) is 0 Å². The van der Waals surface area contributed by atoms with Gasteiger partial charge in [0.2, 0.25) is 0 Å². The third kappa shape index (κ3) is 12.5. The molecule has 12 aromatic heterocycles. The van der Waals surface area contributed by atoms with E-state index in [-0.39, 0.29) is 0 Å². The second-order valence-corrected chi connectivity index (χ2v) is 38.8. The summed E-state index contributed by atoms with van der Waals surface area (Å²) < 4.78 is 29.6. The fourth-order valence-electron chi connectivity index (χ4n) is 23.5. The number of nitrogens with zero attached hydrogens (tertiary/aromatic N) is 12. The molecule has 21 aromatic carbocycles. The van der Waals surface area contributed by atoms with Crippen molar-refractivity contribution in [3.63, 3.8) is 0 Å². The van der Waals surface area contributed by atoms with E-state index in [4.69, 9.17) is 38.7 Å². The lowest BCUT2D eigenvalue weighted by molar-refractivity contribution is 0.669. The quantitative estimate of drug-likeness (QED) is 0.139. The van der Waals surface area contributed by atoms with Gasteiger partial charge in [-0.2, -0.15) is 0 Å². The Morgan fingerprint density at radius 3 is 0.898 bits per heavy atom. The Bertz CT molecular complexity index is 10900. The summed E-state index contributed by atoms with van der Waals surface area (Å²) in [5, 5.41) is 21.3. The molecule has 0 aliphatic rings. The maximum atomic E-state index is 6.58. The molecule has 0 unspecified atom stereocenters. The zero-order valence-electron chi connectivity index (χ0n) is 78.6. The number of hydrogen-bond acceptors (Lipinski definition) is 9. The fraction of sp³-hybridized carbons (Fsp3) is 0. The van der Waals surface area contributed by atoms with Crippen molar-refractivity contribution >= 4 is 239 Å². The smallest absolute Gasteiger partial charge is 0.165 e. The summed E-state index contributed by atoms with van der Waals surface area (Å²) in [6, 6.07) is 167. The van der Waals surface area contributed by atoms with Gasteiger partial charge in [-0.15, -0.1) is 11.3 Å². The van der Waals surface area contributed by atoms with Crippen molar-refractivity contribution in [1.29, 1.82) is 0 Å². The van der Waals surface area contributed by atoms with Gasteiger partial charge in [-0.3, -0.25) is 13.7 Å². The molecule has 0 bridgehead atoms. The highest BCUT2D eigenvalue weighted by molar-refractivity contribution is 7.25. The monoisotopic (exact) mass is 1890 g/mol. The number of hydrogen-bond donors (Lipinski definition) is 0. The first-order valence-electron chi connectivity index (χ1n) is 49.5. The van der Waals surface area contributed by atoms with Crippen molar-refractivity contribution in [1.82, 2.24) is 57.3 Å². The first kappa shape index (κ1) is 82.0. The van der Waals surface area contributed by atoms with Crippen LogP contribution in [-0.2, 0) is 0 Å². The van der Waals surface area contributed by atoms with E-state index in [2.05, 4.69) is 416 Å². The lowest BCUT2D eigenvalue weighted by Gasteiger charge is -2.15. The molecule has 147 heavy (non-hydrogen) atoms. The van der Waals surface area contributed by atoms with Crippen LogP contribution in [0.2, 0.25) is 0 Å². The summed E-state index contributed by atoms with van der Waals surface area (Å²) in [5.41, 5.74) is 30.6. The normalized spacial score (nSPS) is 12.1. The van der Waals surface area contributed by atoms with Crippen LogP contribution in [0.3, 0.4) is 0 Å². The Morgan fingerprint density at radius 2 is 0.456 bits per heavy atom. The van der Waals surface area contributed by atoms with E-state index in [0.717, 1.165) is 206 Å². The second kappa shape index (κ2) is 32.4. The van der Waals surface area contributed by atoms with Crippen LogP contribution in [0.1, 0.15) is 0 Å². The molecule has 0 saturated carbocycles. The highest BCUT2D eigenvalue weighted by Crippen LogP contribution is 2.51. The number of rotatable bonds is 9. The summed E-state index contributed by atoms with van der Waals surface area (Å²) in [6.07, 6.45) is 0. The Morgan fingerprint density at radius 1 is 0.170 bits per heavy atom. The predicted molar refractivity (Wildman–Crippen MR) is 608 cm³/mol. The van der Waals surface area contributed by atoms with E-state index in [1.807, 2.05) is 96.3 Å². The molecule has 0 fully saturated rings. The van der Waals surface area contributed by atoms with E-state index in [1.165, 1.54) is 90.3 Å². The highest BCUT2D eigenvalue weighted by Gasteiger charge is 2.31. The molecule has 0 atom stereocenters. The third-order valence-electron chi connectivity index (χ3n) is 29.7. The van der Waals surface area contributed by atoms with Crippen LogP contribution in [-0.4, -0.2) is 57.3 Å². The number of fused-ring (bicyclic) bond motifs is 18. The van der Waals surface area contributed by atoms with Crippen molar-refractivity contribution in [2.24, 2.45) is 0 Å². The Hall–Kier alpha value is -19.7. The molecule has 0 amide bonds. The maximum Gasteiger partial charge on any atom is 0.165 e. The van der Waals surface area contributed by atoms with Gasteiger partial charge in [0, 0.05) is 124 Å². The molecule has 0 radical (unpaired) electrons. The van der Waals surface area contributed by atoms with Crippen molar-refractivity contribution in [3.05, 3.63) is 473 Å². The standard InChI is InChI=1S/2C44H26N4O.C44H26N4S/c1-2-13-27(14-3-1)47-35-22-8-4-15-28(35)30-17-11-23-36-40(30)41-37(47)24-12-25-38(41)48(36)44-42(45-33-20-6-7-21-34(33)46-44)32-19-10-18-31-29-16-5-9-26-39(29)49-43(31)32;2*1-2-12-28(13-3-1)47-35-19-8-4-14-29(35)32-16-10-20-36-41(32)42-37(47)21-11-22-38(42)48(36)44-43(45-33-17-6-7-18-34(33)46-44)27-24-25-31-30-15-5-9-23-39(30)49-40(31)26-27/h3*1-26H. The molecular formula is C132H78N12O2S. The average molecular weight is 1900 g/mol. The van der Waals surface area contributed by atoms with Crippen LogP contribution in [0.25, 0.3) is 296 Å². The van der Waals surface area contributed by atoms with Crippen molar-refractivity contribution in [2.45, 2.75) is 0 Å². The number of aromatic nitrogens is 12. The van der Waals surface area contributed by atoms with Gasteiger partial charge in [0.15, 0.2) is 17.5 Å². The molecule has 0 aliphatic heterocycles.